The fourth-order valence-corrected chi connectivity index (χ4v) is 0.707. The Balaban J connectivity index is 2.82. The van der Waals surface area contributed by atoms with Gasteiger partial charge in [0.05, 0.1) is 32.5 Å². The second kappa shape index (κ2) is 8.97. The van der Waals surface area contributed by atoms with Crippen molar-refractivity contribution in [3.8, 4) is 0 Å². The molecule has 0 saturated carbocycles. The zero-order chi connectivity index (χ0) is 9.23. The normalized spacial score (nSPS) is 11.0. The molecule has 0 radical (unpaired) electrons. The zero-order valence-corrected chi connectivity index (χ0v) is 8.34. The Morgan fingerprint density at radius 1 is 0.917 bits per heavy atom. The number of hydrogen-bond acceptors (Lipinski definition) is 3. The molecule has 0 atom stereocenters. The first-order chi connectivity index (χ1) is 5.77. The highest BCUT2D eigenvalue weighted by molar-refractivity contribution is 4.36. The summed E-state index contributed by atoms with van der Waals surface area (Å²) in [6.45, 7) is 9.43. The second-order valence-electron chi connectivity index (χ2n) is 2.73. The van der Waals surface area contributed by atoms with Crippen LogP contribution in [-0.4, -0.2) is 39.1 Å². The fourth-order valence-electron chi connectivity index (χ4n) is 0.707. The van der Waals surface area contributed by atoms with Gasteiger partial charge in [0.15, 0.2) is 0 Å². The predicted molar refractivity (Wildman–Crippen MR) is 48.4 cm³/mol. The molecule has 3 nitrogen and oxygen atoms in total. The Morgan fingerprint density at radius 2 is 1.50 bits per heavy atom. The minimum atomic E-state index is 0.292. The van der Waals surface area contributed by atoms with Gasteiger partial charge in [-0.2, -0.15) is 0 Å². The molecule has 0 spiro atoms. The van der Waals surface area contributed by atoms with Crippen molar-refractivity contribution in [3.05, 3.63) is 0 Å². The van der Waals surface area contributed by atoms with Gasteiger partial charge in [-0.25, -0.2) is 0 Å². The van der Waals surface area contributed by atoms with E-state index in [1.165, 1.54) is 0 Å². The molecule has 0 aliphatic heterocycles. The first kappa shape index (κ1) is 11.9. The fraction of sp³-hybridized carbons (Fsp3) is 1.00. The van der Waals surface area contributed by atoms with Crippen molar-refractivity contribution in [3.63, 3.8) is 0 Å². The van der Waals surface area contributed by atoms with Gasteiger partial charge in [0.25, 0.3) is 0 Å². The van der Waals surface area contributed by atoms with E-state index in [-0.39, 0.29) is 0 Å². The van der Waals surface area contributed by atoms with E-state index in [9.17, 15) is 0 Å². The third-order valence-corrected chi connectivity index (χ3v) is 1.25. The van der Waals surface area contributed by atoms with Crippen molar-refractivity contribution < 1.29 is 14.2 Å². The molecule has 0 fully saturated rings. The Kier molecular flexibility index (Phi) is 8.88. The van der Waals surface area contributed by atoms with Crippen molar-refractivity contribution in [2.45, 2.75) is 26.9 Å². The topological polar surface area (TPSA) is 27.7 Å². The summed E-state index contributed by atoms with van der Waals surface area (Å²) >= 11 is 0. The van der Waals surface area contributed by atoms with Crippen LogP contribution in [0.2, 0.25) is 0 Å². The Bertz CT molecular complexity index is 83.8. The van der Waals surface area contributed by atoms with Crippen LogP contribution in [0.4, 0.5) is 0 Å². The van der Waals surface area contributed by atoms with Gasteiger partial charge in [-0.15, -0.1) is 0 Å². The van der Waals surface area contributed by atoms with Crippen molar-refractivity contribution in [2.24, 2.45) is 0 Å². The predicted octanol–water partition coefficient (Wildman–Crippen LogP) is 1.46. The van der Waals surface area contributed by atoms with Gasteiger partial charge in [0, 0.05) is 6.61 Å². The average Bonchev–Trinajstić information content (AvgIpc) is 2.02. The minimum absolute atomic E-state index is 0.292. The standard InChI is InChI=1S/C9H20O3/c1-4-10-5-6-11-7-8-12-9(2)3/h9H,4-8H2,1-3H3. The van der Waals surface area contributed by atoms with E-state index < -0.39 is 0 Å². The lowest BCUT2D eigenvalue weighted by Gasteiger charge is -2.07. The molecular weight excluding hydrogens is 156 g/mol. The third-order valence-electron chi connectivity index (χ3n) is 1.25. The summed E-state index contributed by atoms with van der Waals surface area (Å²) in [5.74, 6) is 0. The molecule has 0 amide bonds. The second-order valence-corrected chi connectivity index (χ2v) is 2.73. The van der Waals surface area contributed by atoms with Crippen molar-refractivity contribution >= 4 is 0 Å². The molecule has 0 N–H and O–H groups in total. The van der Waals surface area contributed by atoms with Crippen LogP contribution in [0, 0.1) is 0 Å². The van der Waals surface area contributed by atoms with Gasteiger partial charge >= 0.3 is 0 Å². The molecule has 0 aromatic heterocycles. The highest BCUT2D eigenvalue weighted by Crippen LogP contribution is 1.87. The number of hydrogen-bond donors (Lipinski definition) is 0. The van der Waals surface area contributed by atoms with E-state index in [0.717, 1.165) is 6.61 Å². The quantitative estimate of drug-likeness (QED) is 0.524. The summed E-state index contributed by atoms with van der Waals surface area (Å²) in [6, 6.07) is 0. The lowest BCUT2D eigenvalue weighted by atomic mass is 10.5. The summed E-state index contributed by atoms with van der Waals surface area (Å²) in [5.41, 5.74) is 0. The van der Waals surface area contributed by atoms with E-state index in [1.54, 1.807) is 0 Å². The molecule has 0 unspecified atom stereocenters. The van der Waals surface area contributed by atoms with Crippen molar-refractivity contribution in [2.75, 3.05) is 33.0 Å². The average molecular weight is 176 g/mol. The summed E-state index contributed by atoms with van der Waals surface area (Å²) < 4.78 is 15.6. The van der Waals surface area contributed by atoms with Crippen LogP contribution in [-0.2, 0) is 14.2 Å². The van der Waals surface area contributed by atoms with Crippen molar-refractivity contribution in [1.82, 2.24) is 0 Å². The third kappa shape index (κ3) is 9.88. The van der Waals surface area contributed by atoms with Gasteiger partial charge < -0.3 is 14.2 Å². The molecule has 0 rings (SSSR count). The van der Waals surface area contributed by atoms with E-state index in [2.05, 4.69) is 0 Å². The lowest BCUT2D eigenvalue weighted by Crippen LogP contribution is -2.12. The Hall–Kier alpha value is -0.120. The van der Waals surface area contributed by atoms with Gasteiger partial charge in [-0.3, -0.25) is 0 Å². The molecule has 0 aliphatic rings. The lowest BCUT2D eigenvalue weighted by molar-refractivity contribution is 0.000118. The SMILES string of the molecule is CCOCCOCCOC(C)C. The summed E-state index contributed by atoms with van der Waals surface area (Å²) in [5, 5.41) is 0. The van der Waals surface area contributed by atoms with Crippen molar-refractivity contribution in [1.29, 1.82) is 0 Å². The van der Waals surface area contributed by atoms with Gasteiger partial charge in [-0.1, -0.05) is 0 Å². The minimum Gasteiger partial charge on any atom is -0.379 e. The van der Waals surface area contributed by atoms with Crippen LogP contribution in [0.5, 0.6) is 0 Å². The maximum Gasteiger partial charge on any atom is 0.0703 e. The molecule has 74 valence electrons. The van der Waals surface area contributed by atoms with Crippen LogP contribution in [0.25, 0.3) is 0 Å². The van der Waals surface area contributed by atoms with E-state index >= 15 is 0 Å². The van der Waals surface area contributed by atoms with Crippen LogP contribution in [0.3, 0.4) is 0 Å². The largest absolute Gasteiger partial charge is 0.379 e. The van der Waals surface area contributed by atoms with Gasteiger partial charge in [-0.05, 0) is 20.8 Å². The molecule has 0 aromatic rings. The summed E-state index contributed by atoms with van der Waals surface area (Å²) in [7, 11) is 0. The van der Waals surface area contributed by atoms with Crippen LogP contribution < -0.4 is 0 Å². The molecule has 0 aromatic carbocycles. The molecule has 0 saturated heterocycles. The molecule has 0 heterocycles. The maximum atomic E-state index is 5.28. The van der Waals surface area contributed by atoms with Crippen LogP contribution in [0.1, 0.15) is 20.8 Å². The highest BCUT2D eigenvalue weighted by Gasteiger charge is 1.92. The Morgan fingerprint density at radius 3 is 2.08 bits per heavy atom. The monoisotopic (exact) mass is 176 g/mol. The summed E-state index contributed by atoms with van der Waals surface area (Å²) in [4.78, 5) is 0. The van der Waals surface area contributed by atoms with Gasteiger partial charge in [0.1, 0.15) is 0 Å². The highest BCUT2D eigenvalue weighted by atomic mass is 16.5. The van der Waals surface area contributed by atoms with E-state index in [1.807, 2.05) is 20.8 Å². The van der Waals surface area contributed by atoms with E-state index in [0.29, 0.717) is 32.5 Å². The van der Waals surface area contributed by atoms with Gasteiger partial charge in [0.2, 0.25) is 0 Å². The zero-order valence-electron chi connectivity index (χ0n) is 8.34. The first-order valence-corrected chi connectivity index (χ1v) is 4.54. The number of rotatable bonds is 8. The van der Waals surface area contributed by atoms with E-state index in [4.69, 9.17) is 14.2 Å². The molecular formula is C9H20O3. The maximum absolute atomic E-state index is 5.28. The smallest absolute Gasteiger partial charge is 0.0703 e. The molecule has 0 bridgehead atoms. The molecule has 0 aliphatic carbocycles. The number of ether oxygens (including phenoxy) is 3. The summed E-state index contributed by atoms with van der Waals surface area (Å²) in [6.07, 6.45) is 0.292. The molecule has 3 heteroatoms. The first-order valence-electron chi connectivity index (χ1n) is 4.54. The Labute approximate surface area is 75.0 Å². The van der Waals surface area contributed by atoms with Crippen LogP contribution in [0.15, 0.2) is 0 Å². The molecule has 12 heavy (non-hydrogen) atoms. The van der Waals surface area contributed by atoms with Crippen LogP contribution >= 0.6 is 0 Å².